The van der Waals surface area contributed by atoms with Gasteiger partial charge in [0.1, 0.15) is 0 Å². The summed E-state index contributed by atoms with van der Waals surface area (Å²) in [5, 5.41) is 0. The molecule has 122 valence electrons. The first-order valence-electron chi connectivity index (χ1n) is 9.31. The number of allylic oxidation sites excluding steroid dienone is 8. The molecular weight excluding hydrogens is 402 g/mol. The molecule has 2 unspecified atom stereocenters. The molecule has 0 N–H and O–H groups in total. The van der Waals surface area contributed by atoms with E-state index >= 15 is 0 Å². The molecular formula is C20H24Cl2Zr. The van der Waals surface area contributed by atoms with E-state index in [0.29, 0.717) is 11.8 Å². The summed E-state index contributed by atoms with van der Waals surface area (Å²) in [6.45, 7) is 0. The molecule has 0 radical (unpaired) electrons. The van der Waals surface area contributed by atoms with Crippen molar-refractivity contribution < 1.29 is 17.9 Å². The Hall–Kier alpha value is 0.423. The topological polar surface area (TPSA) is 0 Å². The SMILES string of the molecule is [Cl][Zr]1([Cl])[CH2][C]1(C1C=CC2=C1CCCC2)C1C=CC2=C1CCCC2. The first kappa shape index (κ1) is 15.7. The summed E-state index contributed by atoms with van der Waals surface area (Å²) in [5.74, 6) is 1.12. The van der Waals surface area contributed by atoms with Gasteiger partial charge >= 0.3 is 152 Å². The summed E-state index contributed by atoms with van der Waals surface area (Å²) in [6, 6.07) is 0. The monoisotopic (exact) mass is 424 g/mol. The second-order valence-electron chi connectivity index (χ2n) is 8.11. The third-order valence-corrected chi connectivity index (χ3v) is 19.6. The van der Waals surface area contributed by atoms with Crippen molar-refractivity contribution in [1.82, 2.24) is 0 Å². The van der Waals surface area contributed by atoms with Crippen LogP contribution in [0.3, 0.4) is 0 Å². The van der Waals surface area contributed by atoms with Gasteiger partial charge in [-0.25, -0.2) is 0 Å². The number of halogens is 2. The number of hydrogen-bond acceptors (Lipinski definition) is 0. The van der Waals surface area contributed by atoms with E-state index in [1.807, 2.05) is 0 Å². The van der Waals surface area contributed by atoms with Gasteiger partial charge in [-0.1, -0.05) is 0 Å². The van der Waals surface area contributed by atoms with Crippen molar-refractivity contribution in [3.63, 3.8) is 0 Å². The van der Waals surface area contributed by atoms with Crippen LogP contribution < -0.4 is 0 Å². The standard InChI is InChI=1S/C20H24.2ClH.Zr/c1-14(17-12-10-15-6-2-4-8-19(15)17)18-13-11-16-7-3-5-9-20(16)18;;;/h10-13,17-18H,1-9H2;2*1H;/q;;;+2/p-2. The molecule has 0 bridgehead atoms. The fourth-order valence-corrected chi connectivity index (χ4v) is 23.3. The van der Waals surface area contributed by atoms with E-state index < -0.39 is 17.9 Å². The van der Waals surface area contributed by atoms with Crippen molar-refractivity contribution in [2.24, 2.45) is 11.8 Å². The van der Waals surface area contributed by atoms with E-state index in [-0.39, 0.29) is 3.12 Å². The first-order valence-corrected chi connectivity index (χ1v) is 18.6. The zero-order valence-corrected chi connectivity index (χ0v) is 17.6. The van der Waals surface area contributed by atoms with E-state index in [0.717, 1.165) is 4.13 Å². The van der Waals surface area contributed by atoms with E-state index in [1.54, 1.807) is 22.3 Å². The van der Waals surface area contributed by atoms with Crippen molar-refractivity contribution in [2.45, 2.75) is 58.6 Å². The van der Waals surface area contributed by atoms with E-state index in [1.165, 1.54) is 51.4 Å². The molecule has 3 heteroatoms. The van der Waals surface area contributed by atoms with Crippen LogP contribution in [0.5, 0.6) is 0 Å². The molecule has 2 atom stereocenters. The third kappa shape index (κ3) is 2.19. The van der Waals surface area contributed by atoms with Gasteiger partial charge in [0, 0.05) is 0 Å². The van der Waals surface area contributed by atoms with Crippen LogP contribution in [-0.4, -0.2) is 0 Å². The molecule has 1 aliphatic heterocycles. The summed E-state index contributed by atoms with van der Waals surface area (Å²) >= 11 is -2.96. The molecule has 0 spiro atoms. The van der Waals surface area contributed by atoms with Gasteiger partial charge in [-0.05, 0) is 0 Å². The Bertz CT molecular complexity index is 632. The molecule has 0 aromatic heterocycles. The predicted octanol–water partition coefficient (Wildman–Crippen LogP) is 7.15. The van der Waals surface area contributed by atoms with Crippen LogP contribution in [0.1, 0.15) is 51.4 Å². The molecule has 1 saturated heterocycles. The molecule has 5 aliphatic rings. The van der Waals surface area contributed by atoms with Gasteiger partial charge in [-0.3, -0.25) is 0 Å². The van der Waals surface area contributed by atoms with Gasteiger partial charge in [0.15, 0.2) is 0 Å². The van der Waals surface area contributed by atoms with Crippen molar-refractivity contribution in [2.75, 3.05) is 0 Å². The Labute approximate surface area is 151 Å². The van der Waals surface area contributed by atoms with Crippen LogP contribution in [0.25, 0.3) is 0 Å². The minimum absolute atomic E-state index is 0.230. The predicted molar refractivity (Wildman–Crippen MR) is 95.5 cm³/mol. The molecule has 4 aliphatic carbocycles. The van der Waals surface area contributed by atoms with Crippen molar-refractivity contribution >= 4 is 17.0 Å². The van der Waals surface area contributed by atoms with Crippen molar-refractivity contribution in [3.8, 4) is 0 Å². The quantitative estimate of drug-likeness (QED) is 0.440. The molecule has 5 rings (SSSR count). The summed E-state index contributed by atoms with van der Waals surface area (Å²) < 4.78 is 1.38. The zero-order chi connectivity index (χ0) is 15.7. The molecule has 23 heavy (non-hydrogen) atoms. The van der Waals surface area contributed by atoms with Crippen LogP contribution in [0.4, 0.5) is 0 Å². The summed E-state index contributed by atoms with van der Waals surface area (Å²) in [6.07, 6.45) is 20.4. The summed E-state index contributed by atoms with van der Waals surface area (Å²) in [7, 11) is 14.1. The molecule has 0 aromatic rings. The molecule has 0 aromatic carbocycles. The average Bonchev–Trinajstić information content (AvgIpc) is 2.95. The fraction of sp³-hybridized carbons (Fsp3) is 0.600. The molecule has 0 saturated carbocycles. The van der Waals surface area contributed by atoms with Gasteiger partial charge < -0.3 is 0 Å². The fourth-order valence-electron chi connectivity index (χ4n) is 5.81. The Morgan fingerprint density at radius 1 is 0.783 bits per heavy atom. The molecule has 1 fully saturated rings. The molecule has 0 nitrogen and oxygen atoms in total. The van der Waals surface area contributed by atoms with Gasteiger partial charge in [-0.2, -0.15) is 0 Å². The number of hydrogen-bond donors (Lipinski definition) is 0. The second kappa shape index (κ2) is 5.46. The van der Waals surface area contributed by atoms with E-state index in [4.69, 9.17) is 17.0 Å². The van der Waals surface area contributed by atoms with Crippen molar-refractivity contribution in [3.05, 3.63) is 46.6 Å². The maximum atomic E-state index is 7.05. The van der Waals surface area contributed by atoms with Gasteiger partial charge in [0.05, 0.1) is 0 Å². The minimum atomic E-state index is -2.96. The van der Waals surface area contributed by atoms with Crippen LogP contribution in [-0.2, 0) is 17.9 Å². The Morgan fingerprint density at radius 2 is 1.22 bits per heavy atom. The van der Waals surface area contributed by atoms with Crippen molar-refractivity contribution in [1.29, 1.82) is 0 Å². The second-order valence-corrected chi connectivity index (χ2v) is 23.5. The average molecular weight is 427 g/mol. The van der Waals surface area contributed by atoms with Gasteiger partial charge in [0.25, 0.3) is 0 Å². The van der Waals surface area contributed by atoms with Gasteiger partial charge in [0.2, 0.25) is 0 Å². The van der Waals surface area contributed by atoms with E-state index in [2.05, 4.69) is 24.3 Å². The number of rotatable bonds is 2. The molecule has 1 heterocycles. The van der Waals surface area contributed by atoms with Crippen LogP contribution >= 0.6 is 17.0 Å². The Balaban J connectivity index is 1.56. The Morgan fingerprint density at radius 3 is 1.65 bits per heavy atom. The first-order chi connectivity index (χ1) is 11.1. The summed E-state index contributed by atoms with van der Waals surface area (Å²) in [5.41, 5.74) is 6.69. The van der Waals surface area contributed by atoms with Crippen LogP contribution in [0.15, 0.2) is 46.6 Å². The maximum absolute atomic E-state index is 7.05. The normalized spacial score (nSPS) is 40.6. The van der Waals surface area contributed by atoms with Crippen LogP contribution in [0.2, 0.25) is 7.25 Å². The van der Waals surface area contributed by atoms with E-state index in [9.17, 15) is 0 Å². The zero-order valence-electron chi connectivity index (χ0n) is 13.6. The Kier molecular flexibility index (Phi) is 3.72. The van der Waals surface area contributed by atoms with Gasteiger partial charge in [-0.15, -0.1) is 0 Å². The third-order valence-electron chi connectivity index (χ3n) is 7.02. The molecule has 0 amide bonds. The summed E-state index contributed by atoms with van der Waals surface area (Å²) in [4.78, 5) is 0. The van der Waals surface area contributed by atoms with Crippen LogP contribution in [0, 0.1) is 11.8 Å².